The first-order valence-corrected chi connectivity index (χ1v) is 9.77. The van der Waals surface area contributed by atoms with Gasteiger partial charge in [0.25, 0.3) is 0 Å². The van der Waals surface area contributed by atoms with E-state index in [-0.39, 0.29) is 23.6 Å². The summed E-state index contributed by atoms with van der Waals surface area (Å²) in [6, 6.07) is 10.3. The molecule has 0 heterocycles. The van der Waals surface area contributed by atoms with Crippen molar-refractivity contribution < 1.29 is 9.18 Å². The van der Waals surface area contributed by atoms with Crippen molar-refractivity contribution in [3.05, 3.63) is 71.2 Å². The number of halogens is 1. The fourth-order valence-corrected chi connectivity index (χ4v) is 3.96. The quantitative estimate of drug-likeness (QED) is 0.630. The molecule has 3 heteroatoms. The highest BCUT2D eigenvalue weighted by atomic mass is 19.1. The maximum atomic E-state index is 13.5. The van der Waals surface area contributed by atoms with Crippen LogP contribution in [0, 0.1) is 5.92 Å². The van der Waals surface area contributed by atoms with Crippen LogP contribution in [0.2, 0.25) is 0 Å². The van der Waals surface area contributed by atoms with Crippen LogP contribution in [0.3, 0.4) is 0 Å². The molecule has 1 aromatic rings. The van der Waals surface area contributed by atoms with Gasteiger partial charge in [-0.1, -0.05) is 48.9 Å². The zero-order valence-electron chi connectivity index (χ0n) is 15.5. The lowest BCUT2D eigenvalue weighted by molar-refractivity contribution is -0.120. The average Bonchev–Trinajstić information content (AvgIpc) is 2.69. The number of hydrogen-bond acceptors (Lipinski definition) is 1. The molecular weight excluding hydrogens is 325 g/mol. The number of allylic oxidation sites excluding steroid dienone is 6. The molecule has 0 aliphatic heterocycles. The van der Waals surface area contributed by atoms with Crippen LogP contribution >= 0.6 is 0 Å². The Morgan fingerprint density at radius 1 is 1.23 bits per heavy atom. The normalized spacial score (nSPS) is 21.3. The molecule has 2 unspecified atom stereocenters. The van der Waals surface area contributed by atoms with E-state index < -0.39 is 0 Å². The van der Waals surface area contributed by atoms with Gasteiger partial charge in [0.05, 0.1) is 0 Å². The summed E-state index contributed by atoms with van der Waals surface area (Å²) in [6.07, 6.45) is 11.8. The van der Waals surface area contributed by atoms with Crippen molar-refractivity contribution in [1.29, 1.82) is 0 Å². The molecule has 0 saturated heterocycles. The number of carbonyl (C=O) groups excluding carboxylic acids is 1. The second kappa shape index (κ2) is 8.98. The monoisotopic (exact) mass is 353 g/mol. The van der Waals surface area contributed by atoms with Gasteiger partial charge in [-0.25, -0.2) is 4.39 Å². The Morgan fingerprint density at radius 2 is 2.04 bits per heavy atom. The second-order valence-electron chi connectivity index (χ2n) is 7.29. The van der Waals surface area contributed by atoms with E-state index >= 15 is 0 Å². The Hall–Kier alpha value is -2.16. The Labute approximate surface area is 155 Å². The van der Waals surface area contributed by atoms with Gasteiger partial charge in [-0.05, 0) is 49.8 Å². The van der Waals surface area contributed by atoms with Crippen LogP contribution < -0.4 is 5.32 Å². The predicted octanol–water partition coefficient (Wildman–Crippen LogP) is 5.94. The molecule has 0 saturated carbocycles. The first kappa shape index (κ1) is 18.6. The molecule has 0 fully saturated rings. The summed E-state index contributed by atoms with van der Waals surface area (Å²) in [7, 11) is 0. The van der Waals surface area contributed by atoms with E-state index in [1.807, 2.05) is 25.1 Å². The van der Waals surface area contributed by atoms with E-state index in [2.05, 4.69) is 23.5 Å². The molecule has 2 aliphatic rings. The number of nitrogens with one attached hydrogen (secondary N) is 1. The minimum Gasteiger partial charge on any atom is -0.329 e. The third-order valence-corrected chi connectivity index (χ3v) is 5.47. The van der Waals surface area contributed by atoms with Crippen LogP contribution in [0.4, 0.5) is 4.39 Å². The molecule has 0 bridgehead atoms. The van der Waals surface area contributed by atoms with Crippen LogP contribution in [-0.2, 0) is 4.79 Å². The van der Waals surface area contributed by atoms with Gasteiger partial charge in [-0.2, -0.15) is 0 Å². The molecule has 0 radical (unpaired) electrons. The number of rotatable bonds is 6. The molecule has 138 valence electrons. The van der Waals surface area contributed by atoms with Crippen molar-refractivity contribution in [2.24, 2.45) is 5.92 Å². The summed E-state index contributed by atoms with van der Waals surface area (Å²) in [5.41, 5.74) is 3.43. The van der Waals surface area contributed by atoms with Gasteiger partial charge in [0.2, 0.25) is 5.91 Å². The Kier molecular flexibility index (Phi) is 6.43. The highest BCUT2D eigenvalue weighted by Crippen LogP contribution is 2.34. The highest BCUT2D eigenvalue weighted by molar-refractivity contribution is 5.79. The first-order chi connectivity index (χ1) is 12.7. The molecular formula is C23H28FNO. The van der Waals surface area contributed by atoms with Gasteiger partial charge in [-0.3, -0.25) is 4.79 Å². The van der Waals surface area contributed by atoms with E-state index in [9.17, 15) is 9.18 Å². The largest absolute Gasteiger partial charge is 0.329 e. The van der Waals surface area contributed by atoms with Crippen molar-refractivity contribution in [3.63, 3.8) is 0 Å². The molecule has 2 aliphatic carbocycles. The summed E-state index contributed by atoms with van der Waals surface area (Å²) >= 11 is 0. The molecule has 1 N–H and O–H groups in total. The summed E-state index contributed by atoms with van der Waals surface area (Å²) in [4.78, 5) is 12.8. The summed E-state index contributed by atoms with van der Waals surface area (Å²) in [5, 5.41) is 3.06. The van der Waals surface area contributed by atoms with Gasteiger partial charge in [0.15, 0.2) is 0 Å². The summed E-state index contributed by atoms with van der Waals surface area (Å²) in [6.45, 7) is 2.03. The smallest absolute Gasteiger partial charge is 0.225 e. The van der Waals surface area contributed by atoms with Crippen molar-refractivity contribution in [2.45, 2.75) is 57.8 Å². The van der Waals surface area contributed by atoms with E-state index in [1.165, 1.54) is 30.1 Å². The molecule has 26 heavy (non-hydrogen) atoms. The highest BCUT2D eigenvalue weighted by Gasteiger charge is 2.24. The topological polar surface area (TPSA) is 29.1 Å². The molecule has 3 rings (SSSR count). The minimum atomic E-state index is -0.107. The molecule has 1 amide bonds. The maximum Gasteiger partial charge on any atom is 0.225 e. The molecule has 2 atom stereocenters. The van der Waals surface area contributed by atoms with Gasteiger partial charge >= 0.3 is 0 Å². The lowest BCUT2D eigenvalue weighted by Crippen LogP contribution is -2.29. The van der Waals surface area contributed by atoms with Gasteiger partial charge < -0.3 is 5.32 Å². The average molecular weight is 353 g/mol. The van der Waals surface area contributed by atoms with Crippen LogP contribution in [-0.4, -0.2) is 5.91 Å². The fraction of sp³-hybridized carbons (Fsp3) is 0.435. The van der Waals surface area contributed by atoms with Gasteiger partial charge in [-0.15, -0.1) is 0 Å². The predicted molar refractivity (Wildman–Crippen MR) is 104 cm³/mol. The molecule has 0 spiro atoms. The lowest BCUT2D eigenvalue weighted by atomic mass is 9.82. The SMILES string of the molecule is CCC1CC(F)=CC=C1NC(=O)CC(C1=CCCCC1)c1ccccc1. The second-order valence-corrected chi connectivity index (χ2v) is 7.29. The van der Waals surface area contributed by atoms with Gasteiger partial charge in [0.1, 0.15) is 5.83 Å². The zero-order valence-corrected chi connectivity index (χ0v) is 15.5. The third kappa shape index (κ3) is 4.72. The van der Waals surface area contributed by atoms with E-state index in [0.29, 0.717) is 12.8 Å². The number of benzene rings is 1. The lowest BCUT2D eigenvalue weighted by Gasteiger charge is -2.26. The van der Waals surface area contributed by atoms with E-state index in [1.54, 1.807) is 6.08 Å². The molecule has 1 aromatic carbocycles. The fourth-order valence-electron chi connectivity index (χ4n) is 3.96. The zero-order chi connectivity index (χ0) is 18.4. The Balaban J connectivity index is 1.74. The van der Waals surface area contributed by atoms with Crippen molar-refractivity contribution in [3.8, 4) is 0 Å². The molecule has 0 aromatic heterocycles. The van der Waals surface area contributed by atoms with E-state index in [4.69, 9.17) is 0 Å². The van der Waals surface area contributed by atoms with Crippen LogP contribution in [0.5, 0.6) is 0 Å². The summed E-state index contributed by atoms with van der Waals surface area (Å²) < 4.78 is 13.5. The number of carbonyl (C=O) groups is 1. The van der Waals surface area contributed by atoms with Crippen molar-refractivity contribution in [2.75, 3.05) is 0 Å². The number of amides is 1. The maximum absolute atomic E-state index is 13.5. The third-order valence-electron chi connectivity index (χ3n) is 5.47. The van der Waals surface area contributed by atoms with Crippen molar-refractivity contribution >= 4 is 5.91 Å². The van der Waals surface area contributed by atoms with Crippen LogP contribution in [0.15, 0.2) is 65.7 Å². The minimum absolute atomic E-state index is 0.0192. The van der Waals surface area contributed by atoms with E-state index in [0.717, 1.165) is 25.0 Å². The Bertz CT molecular complexity index is 717. The van der Waals surface area contributed by atoms with Crippen molar-refractivity contribution in [1.82, 2.24) is 5.32 Å². The first-order valence-electron chi connectivity index (χ1n) is 9.77. The van der Waals surface area contributed by atoms with Gasteiger partial charge in [0, 0.05) is 30.4 Å². The summed E-state index contributed by atoms with van der Waals surface area (Å²) in [5.74, 6) is 0.108. The molecule has 2 nitrogen and oxygen atoms in total. The van der Waals surface area contributed by atoms with Crippen LogP contribution in [0.1, 0.15) is 63.4 Å². The Morgan fingerprint density at radius 3 is 2.73 bits per heavy atom. The van der Waals surface area contributed by atoms with Crippen LogP contribution in [0.25, 0.3) is 0 Å². The standard InChI is InChI=1S/C23H28FNO/c1-2-17-15-20(24)13-14-22(17)25-23(26)16-21(18-9-5-3-6-10-18)19-11-7-4-8-12-19/h3,5-6,9-11,13-14,17,21H,2,4,7-8,12,15-16H2,1H3,(H,25,26). The number of hydrogen-bond donors (Lipinski definition) is 1.